The molecule has 0 radical (unpaired) electrons. The summed E-state index contributed by atoms with van der Waals surface area (Å²) in [6.45, 7) is 0.498. The molecule has 1 N–H and O–H groups in total. The van der Waals surface area contributed by atoms with Gasteiger partial charge in [0.25, 0.3) is 5.91 Å². The third-order valence-corrected chi connectivity index (χ3v) is 2.92. The van der Waals surface area contributed by atoms with Crippen LogP contribution >= 0.6 is 0 Å². The number of rotatable bonds is 5. The van der Waals surface area contributed by atoms with E-state index in [0.29, 0.717) is 6.54 Å². The molecule has 0 spiro atoms. The Morgan fingerprint density at radius 1 is 1.19 bits per heavy atom. The quantitative estimate of drug-likeness (QED) is 0.674. The predicted molar refractivity (Wildman–Crippen MR) is 81.0 cm³/mol. The number of nitrogens with one attached hydrogen (secondary N) is 1. The molecule has 2 rings (SSSR count). The maximum atomic E-state index is 12.0. The molecule has 4 nitrogen and oxygen atoms in total. The van der Waals surface area contributed by atoms with Gasteiger partial charge in [-0.3, -0.25) is 9.78 Å². The summed E-state index contributed by atoms with van der Waals surface area (Å²) < 4.78 is 0. The summed E-state index contributed by atoms with van der Waals surface area (Å²) in [4.78, 5) is 15.8. The second-order valence-corrected chi connectivity index (χ2v) is 4.44. The molecule has 1 aromatic carbocycles. The van der Waals surface area contributed by atoms with Crippen molar-refractivity contribution in [1.82, 2.24) is 10.3 Å². The third kappa shape index (κ3) is 4.59. The largest absolute Gasteiger partial charge is 0.351 e. The second-order valence-electron chi connectivity index (χ2n) is 4.44. The third-order valence-electron chi connectivity index (χ3n) is 2.92. The highest BCUT2D eigenvalue weighted by atomic mass is 16.1. The molecule has 104 valence electrons. The molecule has 0 unspecified atom stereocenters. The molecule has 21 heavy (non-hydrogen) atoms. The van der Waals surface area contributed by atoms with Crippen molar-refractivity contribution in [2.24, 2.45) is 0 Å². The van der Waals surface area contributed by atoms with E-state index in [9.17, 15) is 4.79 Å². The Morgan fingerprint density at radius 2 is 1.90 bits per heavy atom. The normalized spacial score (nSPS) is 10.7. The zero-order chi connectivity index (χ0) is 14.9. The lowest BCUT2D eigenvalue weighted by Crippen LogP contribution is -2.26. The van der Waals surface area contributed by atoms with Crippen molar-refractivity contribution in [1.29, 1.82) is 5.26 Å². The molecular formula is C17H15N3O. The number of hydrogen-bond acceptors (Lipinski definition) is 3. The maximum Gasteiger partial charge on any atom is 0.261 e. The molecule has 0 saturated heterocycles. The first-order valence-electron chi connectivity index (χ1n) is 6.63. The van der Waals surface area contributed by atoms with Crippen LogP contribution in [-0.2, 0) is 11.2 Å². The second kappa shape index (κ2) is 7.61. The average molecular weight is 277 g/mol. The van der Waals surface area contributed by atoms with Gasteiger partial charge in [0, 0.05) is 18.9 Å². The Labute approximate surface area is 123 Å². The number of nitriles is 1. The van der Waals surface area contributed by atoms with E-state index < -0.39 is 0 Å². The molecule has 4 heteroatoms. The molecular weight excluding hydrogens is 262 g/mol. The number of amides is 1. The summed E-state index contributed by atoms with van der Waals surface area (Å²) in [5.74, 6) is -0.356. The molecule has 0 atom stereocenters. The van der Waals surface area contributed by atoms with E-state index in [0.717, 1.165) is 17.5 Å². The maximum absolute atomic E-state index is 12.0. The fourth-order valence-electron chi connectivity index (χ4n) is 1.84. The van der Waals surface area contributed by atoms with E-state index in [-0.39, 0.29) is 11.5 Å². The molecule has 0 bridgehead atoms. The van der Waals surface area contributed by atoms with Crippen LogP contribution in [-0.4, -0.2) is 17.4 Å². The van der Waals surface area contributed by atoms with Crippen molar-refractivity contribution in [3.8, 4) is 6.07 Å². The van der Waals surface area contributed by atoms with Crippen LogP contribution in [0, 0.1) is 11.3 Å². The number of carbonyl (C=O) groups is 1. The van der Waals surface area contributed by atoms with E-state index in [1.165, 1.54) is 0 Å². The van der Waals surface area contributed by atoms with Gasteiger partial charge in [0.05, 0.1) is 0 Å². The molecule has 0 aliphatic rings. The lowest BCUT2D eigenvalue weighted by atomic mass is 10.1. The van der Waals surface area contributed by atoms with Gasteiger partial charge >= 0.3 is 0 Å². The van der Waals surface area contributed by atoms with E-state index in [4.69, 9.17) is 5.26 Å². The number of nitrogens with zero attached hydrogens (tertiary/aromatic N) is 2. The van der Waals surface area contributed by atoms with Crippen molar-refractivity contribution in [2.45, 2.75) is 6.42 Å². The standard InChI is InChI=1S/C17H15N3O/c18-13-16(12-15-6-9-19-10-7-15)17(21)20-11-8-14-4-2-1-3-5-14/h1-7,9-10,12H,8,11H2,(H,20,21)/b16-12+. The van der Waals surface area contributed by atoms with Crippen molar-refractivity contribution in [2.75, 3.05) is 6.54 Å². The van der Waals surface area contributed by atoms with Crippen LogP contribution in [0.25, 0.3) is 6.08 Å². The van der Waals surface area contributed by atoms with Crippen LogP contribution in [0.4, 0.5) is 0 Å². The molecule has 0 saturated carbocycles. The highest BCUT2D eigenvalue weighted by Crippen LogP contribution is 2.05. The summed E-state index contributed by atoms with van der Waals surface area (Å²) in [6, 6.07) is 15.3. The van der Waals surface area contributed by atoms with Gasteiger partial charge in [0.2, 0.25) is 0 Å². The SMILES string of the molecule is N#C/C(=C\c1ccncc1)C(=O)NCCc1ccccc1. The van der Waals surface area contributed by atoms with Crippen molar-refractivity contribution in [3.05, 3.63) is 71.6 Å². The van der Waals surface area contributed by atoms with Crippen molar-refractivity contribution < 1.29 is 4.79 Å². The van der Waals surface area contributed by atoms with Gasteiger partial charge < -0.3 is 5.32 Å². The van der Waals surface area contributed by atoms with Gasteiger partial charge in [0.1, 0.15) is 11.6 Å². The summed E-state index contributed by atoms with van der Waals surface area (Å²) >= 11 is 0. The minimum absolute atomic E-state index is 0.0919. The summed E-state index contributed by atoms with van der Waals surface area (Å²) in [6.07, 6.45) is 5.53. The van der Waals surface area contributed by atoms with E-state index in [2.05, 4.69) is 10.3 Å². The number of pyridine rings is 1. The number of hydrogen-bond donors (Lipinski definition) is 1. The fraction of sp³-hybridized carbons (Fsp3) is 0.118. The van der Waals surface area contributed by atoms with Crippen molar-refractivity contribution in [3.63, 3.8) is 0 Å². The minimum Gasteiger partial charge on any atom is -0.351 e. The van der Waals surface area contributed by atoms with Gasteiger partial charge in [-0.15, -0.1) is 0 Å². The first-order chi connectivity index (χ1) is 10.3. The highest BCUT2D eigenvalue weighted by Gasteiger charge is 2.08. The van der Waals surface area contributed by atoms with Crippen LogP contribution in [0.1, 0.15) is 11.1 Å². The lowest BCUT2D eigenvalue weighted by molar-refractivity contribution is -0.117. The van der Waals surface area contributed by atoms with Gasteiger partial charge in [-0.2, -0.15) is 5.26 Å². The molecule has 1 aromatic heterocycles. The Balaban J connectivity index is 1.92. The minimum atomic E-state index is -0.356. The van der Waals surface area contributed by atoms with E-state index in [1.807, 2.05) is 36.4 Å². The Bertz CT molecular complexity index is 657. The van der Waals surface area contributed by atoms with Crippen LogP contribution < -0.4 is 5.32 Å². The van der Waals surface area contributed by atoms with Gasteiger partial charge in [0.15, 0.2) is 0 Å². The van der Waals surface area contributed by atoms with Gasteiger partial charge in [-0.05, 0) is 35.8 Å². The molecule has 2 aromatic rings. The van der Waals surface area contributed by atoms with Gasteiger partial charge in [-0.1, -0.05) is 30.3 Å². The Morgan fingerprint density at radius 3 is 2.57 bits per heavy atom. The molecule has 1 amide bonds. The first kappa shape index (κ1) is 14.5. The van der Waals surface area contributed by atoms with Crippen LogP contribution in [0.15, 0.2) is 60.4 Å². The summed E-state index contributed by atoms with van der Waals surface area (Å²) in [5, 5.41) is 11.8. The molecule has 0 aliphatic carbocycles. The monoisotopic (exact) mass is 277 g/mol. The predicted octanol–water partition coefficient (Wildman–Crippen LogP) is 2.35. The molecule has 1 heterocycles. The number of carbonyl (C=O) groups excluding carboxylic acids is 1. The zero-order valence-electron chi connectivity index (χ0n) is 11.5. The first-order valence-corrected chi connectivity index (χ1v) is 6.63. The topological polar surface area (TPSA) is 65.8 Å². The fourth-order valence-corrected chi connectivity index (χ4v) is 1.84. The Hall–Kier alpha value is -2.93. The zero-order valence-corrected chi connectivity index (χ0v) is 11.5. The van der Waals surface area contributed by atoms with E-state index >= 15 is 0 Å². The van der Waals surface area contributed by atoms with Crippen molar-refractivity contribution >= 4 is 12.0 Å². The Kier molecular flexibility index (Phi) is 5.25. The average Bonchev–Trinajstić information content (AvgIpc) is 2.54. The van der Waals surface area contributed by atoms with Crippen LogP contribution in [0.3, 0.4) is 0 Å². The molecule has 0 fully saturated rings. The number of aromatic nitrogens is 1. The summed E-state index contributed by atoms with van der Waals surface area (Å²) in [5.41, 5.74) is 2.02. The lowest BCUT2D eigenvalue weighted by Gasteiger charge is -2.04. The smallest absolute Gasteiger partial charge is 0.261 e. The van der Waals surface area contributed by atoms with Crippen LogP contribution in [0.5, 0.6) is 0 Å². The number of benzene rings is 1. The van der Waals surface area contributed by atoms with E-state index in [1.54, 1.807) is 30.6 Å². The summed E-state index contributed by atoms with van der Waals surface area (Å²) in [7, 11) is 0. The highest BCUT2D eigenvalue weighted by molar-refractivity contribution is 6.01. The van der Waals surface area contributed by atoms with Crippen LogP contribution in [0.2, 0.25) is 0 Å². The molecule has 0 aliphatic heterocycles. The van der Waals surface area contributed by atoms with Gasteiger partial charge in [-0.25, -0.2) is 0 Å².